The number of nitrogens with two attached hydrogens (primary N) is 1. The first-order chi connectivity index (χ1) is 14.2. The number of carboxylic acid groups (broad SMARTS) is 1. The predicted octanol–water partition coefficient (Wildman–Crippen LogP) is 1.69. The number of carbonyl (C=O) groups is 1. The van der Waals surface area contributed by atoms with E-state index in [-0.39, 0.29) is 29.3 Å². The van der Waals surface area contributed by atoms with Crippen molar-refractivity contribution in [2.75, 3.05) is 30.8 Å². The van der Waals surface area contributed by atoms with E-state index in [1.807, 2.05) is 13.8 Å². The molecule has 1 saturated heterocycles. The van der Waals surface area contributed by atoms with Crippen molar-refractivity contribution in [3.8, 4) is 0 Å². The van der Waals surface area contributed by atoms with Crippen LogP contribution < -0.4 is 21.4 Å². The molecule has 1 aromatic heterocycles. The Bertz CT molecular complexity index is 1040. The van der Waals surface area contributed by atoms with Gasteiger partial charge < -0.3 is 30.7 Å². The molecular weight excluding hydrogens is 398 g/mol. The summed E-state index contributed by atoms with van der Waals surface area (Å²) in [7, 11) is 1.00. The maximum atomic E-state index is 15.6. The van der Waals surface area contributed by atoms with Crippen LogP contribution in [0, 0.1) is 11.6 Å². The van der Waals surface area contributed by atoms with Crippen LogP contribution in [0.1, 0.15) is 43.1 Å². The topological polar surface area (TPSA) is 121 Å². The lowest BCUT2D eigenvalue weighted by atomic mass is 10.0. The number of pyridine rings is 1. The molecule has 5 N–H and O–H groups in total. The molecule has 0 radical (unpaired) electrons. The number of nitrogens with one attached hydrogen (secondary N) is 1. The number of nitrogens with zero attached hydrogens (tertiary/aromatic N) is 2. The van der Waals surface area contributed by atoms with Crippen LogP contribution in [0.2, 0.25) is 0 Å². The van der Waals surface area contributed by atoms with Gasteiger partial charge in [0.15, 0.2) is 11.6 Å². The molecule has 2 atom stereocenters. The summed E-state index contributed by atoms with van der Waals surface area (Å²) in [6, 6.07) is -0.103. The maximum absolute atomic E-state index is 15.6. The Morgan fingerprint density at radius 2 is 1.73 bits per heavy atom. The standard InChI is InChI=1S/C19H22F2N4O3.CH4O/c1-8-5-24(6-9(2)23-8)17-13(20)15(22)12-16(14(17)21)25(10-3-4-10)7-11(18(12)26)19(27)28;1-2/h7-10,23H,3-6,22H2,1-2H3,(H,27,28);2H,1H3/t8-,9+;. The van der Waals surface area contributed by atoms with Gasteiger partial charge in [0.2, 0.25) is 5.43 Å². The lowest BCUT2D eigenvalue weighted by molar-refractivity contribution is 0.0695. The molecule has 1 aliphatic heterocycles. The van der Waals surface area contributed by atoms with Crippen molar-refractivity contribution in [2.24, 2.45) is 0 Å². The van der Waals surface area contributed by atoms with E-state index in [2.05, 4.69) is 5.32 Å². The highest BCUT2D eigenvalue weighted by Gasteiger charge is 2.34. The molecule has 2 heterocycles. The summed E-state index contributed by atoms with van der Waals surface area (Å²) in [6.07, 6.45) is 2.60. The Labute approximate surface area is 171 Å². The number of anilines is 2. The van der Waals surface area contributed by atoms with Crippen LogP contribution in [0.4, 0.5) is 20.2 Å². The predicted molar refractivity (Wildman–Crippen MR) is 110 cm³/mol. The molecule has 4 rings (SSSR count). The number of fused-ring (bicyclic) bond motifs is 1. The molecule has 2 fully saturated rings. The molecule has 0 spiro atoms. The Morgan fingerprint density at radius 1 is 1.17 bits per heavy atom. The summed E-state index contributed by atoms with van der Waals surface area (Å²) in [6.45, 7) is 4.60. The zero-order valence-electron chi connectivity index (χ0n) is 17.1. The van der Waals surface area contributed by atoms with Crippen LogP contribution in [-0.4, -0.2) is 53.0 Å². The highest BCUT2D eigenvalue weighted by Crippen LogP contribution is 2.41. The van der Waals surface area contributed by atoms with Gasteiger partial charge in [-0.2, -0.15) is 0 Å². The first-order valence-electron chi connectivity index (χ1n) is 9.75. The lowest BCUT2D eigenvalue weighted by Gasteiger charge is -2.38. The molecular formula is C20H26F2N4O4. The fourth-order valence-corrected chi connectivity index (χ4v) is 4.13. The Hall–Kier alpha value is -2.72. The second-order valence-corrected chi connectivity index (χ2v) is 7.80. The van der Waals surface area contributed by atoms with E-state index in [9.17, 15) is 14.7 Å². The minimum Gasteiger partial charge on any atom is -0.477 e. The molecule has 164 valence electrons. The minimum atomic E-state index is -1.45. The van der Waals surface area contributed by atoms with Crippen molar-refractivity contribution in [3.05, 3.63) is 33.6 Å². The van der Waals surface area contributed by atoms with E-state index in [1.54, 1.807) is 4.90 Å². The van der Waals surface area contributed by atoms with Gasteiger partial charge in [-0.15, -0.1) is 0 Å². The number of aliphatic hydroxyl groups excluding tert-OH is 1. The third kappa shape index (κ3) is 3.61. The van der Waals surface area contributed by atoms with E-state index in [0.29, 0.717) is 13.1 Å². The Balaban J connectivity index is 0.00000124. The van der Waals surface area contributed by atoms with Gasteiger partial charge in [-0.1, -0.05) is 0 Å². The zero-order valence-corrected chi connectivity index (χ0v) is 17.1. The summed E-state index contributed by atoms with van der Waals surface area (Å²) in [5, 5.41) is 19.2. The summed E-state index contributed by atoms with van der Waals surface area (Å²) in [5.41, 5.74) is 3.54. The van der Waals surface area contributed by atoms with Gasteiger partial charge in [-0.3, -0.25) is 4.79 Å². The van der Waals surface area contributed by atoms with Crippen LogP contribution in [0.15, 0.2) is 11.0 Å². The van der Waals surface area contributed by atoms with Crippen molar-refractivity contribution in [2.45, 2.75) is 44.8 Å². The number of piperazine rings is 1. The van der Waals surface area contributed by atoms with Gasteiger partial charge in [-0.05, 0) is 26.7 Å². The third-order valence-corrected chi connectivity index (χ3v) is 5.41. The number of hydrogen-bond acceptors (Lipinski definition) is 6. The maximum Gasteiger partial charge on any atom is 0.341 e. The van der Waals surface area contributed by atoms with Gasteiger partial charge in [0.1, 0.15) is 11.3 Å². The normalized spacial score (nSPS) is 21.3. The number of hydrogen-bond donors (Lipinski definition) is 4. The van der Waals surface area contributed by atoms with E-state index in [4.69, 9.17) is 10.8 Å². The fraction of sp³-hybridized carbons (Fsp3) is 0.500. The Kier molecular flexibility index (Phi) is 6.00. The number of carboxylic acids is 1. The largest absolute Gasteiger partial charge is 0.477 e. The van der Waals surface area contributed by atoms with E-state index < -0.39 is 39.7 Å². The summed E-state index contributed by atoms with van der Waals surface area (Å²) < 4.78 is 32.2. The Morgan fingerprint density at radius 3 is 2.23 bits per heavy atom. The summed E-state index contributed by atoms with van der Waals surface area (Å²) >= 11 is 0. The molecule has 2 aliphatic rings. The van der Waals surface area contributed by atoms with Crippen molar-refractivity contribution in [1.82, 2.24) is 9.88 Å². The van der Waals surface area contributed by atoms with E-state index >= 15 is 8.78 Å². The SMILES string of the molecule is CO.C[C@@H]1CN(c2c(F)c(N)c3c(=O)c(C(=O)O)cn(C4CC4)c3c2F)C[C@H](C)N1. The number of nitrogen functional groups attached to an aromatic ring is 1. The minimum absolute atomic E-state index is 0.0134. The second kappa shape index (κ2) is 8.19. The average Bonchev–Trinajstić information content (AvgIpc) is 3.52. The van der Waals surface area contributed by atoms with Crippen molar-refractivity contribution < 1.29 is 23.8 Å². The molecule has 30 heavy (non-hydrogen) atoms. The van der Waals surface area contributed by atoms with Crippen molar-refractivity contribution in [1.29, 1.82) is 0 Å². The first kappa shape index (κ1) is 22.0. The van der Waals surface area contributed by atoms with Gasteiger partial charge in [0, 0.05) is 44.5 Å². The molecule has 1 saturated carbocycles. The monoisotopic (exact) mass is 424 g/mol. The number of aromatic nitrogens is 1. The van der Waals surface area contributed by atoms with Gasteiger partial charge >= 0.3 is 5.97 Å². The van der Waals surface area contributed by atoms with Crippen LogP contribution in [0.5, 0.6) is 0 Å². The number of aromatic carboxylic acids is 1. The van der Waals surface area contributed by atoms with Crippen LogP contribution in [0.3, 0.4) is 0 Å². The third-order valence-electron chi connectivity index (χ3n) is 5.41. The molecule has 0 unspecified atom stereocenters. The van der Waals surface area contributed by atoms with Crippen LogP contribution in [-0.2, 0) is 0 Å². The molecule has 0 bridgehead atoms. The van der Waals surface area contributed by atoms with E-state index in [0.717, 1.165) is 26.1 Å². The number of rotatable bonds is 3. The highest BCUT2D eigenvalue weighted by atomic mass is 19.1. The lowest BCUT2D eigenvalue weighted by Crippen LogP contribution is -2.54. The first-order valence-corrected chi connectivity index (χ1v) is 9.75. The second-order valence-electron chi connectivity index (χ2n) is 7.80. The van der Waals surface area contributed by atoms with Gasteiger partial charge in [0.25, 0.3) is 0 Å². The van der Waals surface area contributed by atoms with E-state index in [1.165, 1.54) is 4.57 Å². The van der Waals surface area contributed by atoms with Crippen molar-refractivity contribution >= 4 is 28.2 Å². The summed E-state index contributed by atoms with van der Waals surface area (Å²) in [4.78, 5) is 25.7. The van der Waals surface area contributed by atoms with Gasteiger partial charge in [0.05, 0.1) is 16.6 Å². The van der Waals surface area contributed by atoms with Crippen LogP contribution in [0.25, 0.3) is 10.9 Å². The number of aliphatic hydroxyl groups is 1. The quantitative estimate of drug-likeness (QED) is 0.554. The highest BCUT2D eigenvalue weighted by molar-refractivity contribution is 5.99. The van der Waals surface area contributed by atoms with Gasteiger partial charge in [-0.25, -0.2) is 13.6 Å². The van der Waals surface area contributed by atoms with Crippen LogP contribution >= 0.6 is 0 Å². The zero-order chi connectivity index (χ0) is 22.3. The molecule has 2 aromatic rings. The molecule has 10 heteroatoms. The average molecular weight is 424 g/mol. The number of halogens is 2. The molecule has 1 aromatic carbocycles. The molecule has 1 aliphatic carbocycles. The number of benzene rings is 1. The molecule has 0 amide bonds. The fourth-order valence-electron chi connectivity index (χ4n) is 4.13. The molecule has 8 nitrogen and oxygen atoms in total. The summed E-state index contributed by atoms with van der Waals surface area (Å²) in [5.74, 6) is -3.34. The smallest absolute Gasteiger partial charge is 0.341 e. The van der Waals surface area contributed by atoms with Crippen molar-refractivity contribution in [3.63, 3.8) is 0 Å².